The van der Waals surface area contributed by atoms with E-state index in [0.717, 1.165) is 42.1 Å². The van der Waals surface area contributed by atoms with Crippen LogP contribution < -0.4 is 19.7 Å². The Morgan fingerprint density at radius 1 is 0.903 bits per heavy atom. The number of methoxy groups -OCH3 is 2. The van der Waals surface area contributed by atoms with Crippen molar-refractivity contribution in [1.29, 1.82) is 0 Å². The summed E-state index contributed by atoms with van der Waals surface area (Å²) in [6.07, 6.45) is 0.916. The number of amides is 1. The van der Waals surface area contributed by atoms with Crippen LogP contribution in [0.1, 0.15) is 28.3 Å². The van der Waals surface area contributed by atoms with E-state index in [-0.39, 0.29) is 11.9 Å². The Kier molecular flexibility index (Phi) is 6.53. The monoisotopic (exact) mass is 417 g/mol. The van der Waals surface area contributed by atoms with Crippen LogP contribution in [-0.2, 0) is 17.8 Å². The molecule has 1 aliphatic rings. The molecule has 1 amide bonds. The van der Waals surface area contributed by atoms with Gasteiger partial charge in [-0.05, 0) is 28.8 Å². The first kappa shape index (κ1) is 20.9. The fraction of sp³-hybridized carbons (Fsp3) is 0.269. The minimum absolute atomic E-state index is 0.0524. The number of benzene rings is 3. The van der Waals surface area contributed by atoms with Crippen LogP contribution in [0.5, 0.6) is 11.5 Å². The van der Waals surface area contributed by atoms with E-state index >= 15 is 0 Å². The zero-order chi connectivity index (χ0) is 21.6. The van der Waals surface area contributed by atoms with Gasteiger partial charge in [0.1, 0.15) is 6.54 Å². The number of carbonyl (C=O) groups is 1. The van der Waals surface area contributed by atoms with Gasteiger partial charge in [-0.3, -0.25) is 4.79 Å². The van der Waals surface area contributed by atoms with Gasteiger partial charge in [-0.25, -0.2) is 0 Å². The predicted octanol–water partition coefficient (Wildman–Crippen LogP) is 2.55. The molecule has 5 heteroatoms. The summed E-state index contributed by atoms with van der Waals surface area (Å²) < 4.78 is 10.9. The van der Waals surface area contributed by atoms with Crippen molar-refractivity contribution in [3.63, 3.8) is 0 Å². The first-order chi connectivity index (χ1) is 15.2. The van der Waals surface area contributed by atoms with Crippen molar-refractivity contribution in [1.82, 2.24) is 5.32 Å². The molecule has 3 aromatic rings. The first-order valence-electron chi connectivity index (χ1n) is 10.6. The van der Waals surface area contributed by atoms with Gasteiger partial charge in [0, 0.05) is 12.0 Å². The second-order valence-electron chi connectivity index (χ2n) is 7.90. The highest BCUT2D eigenvalue weighted by molar-refractivity contribution is 5.78. The number of carbonyl (C=O) groups excluding carboxylic acids is 1. The predicted molar refractivity (Wildman–Crippen MR) is 121 cm³/mol. The zero-order valence-electron chi connectivity index (χ0n) is 18.1. The number of ether oxygens (including phenoxy) is 2. The van der Waals surface area contributed by atoms with Crippen LogP contribution in [-0.4, -0.2) is 33.2 Å². The van der Waals surface area contributed by atoms with Gasteiger partial charge < -0.3 is 19.7 Å². The van der Waals surface area contributed by atoms with Crippen molar-refractivity contribution >= 4 is 5.91 Å². The summed E-state index contributed by atoms with van der Waals surface area (Å²) in [4.78, 5) is 14.3. The summed E-state index contributed by atoms with van der Waals surface area (Å²) in [5.41, 5.74) is 4.65. The molecule has 0 spiro atoms. The summed E-state index contributed by atoms with van der Waals surface area (Å²) in [6, 6.07) is 24.2. The number of hydrogen-bond donors (Lipinski definition) is 2. The highest BCUT2D eigenvalue weighted by Crippen LogP contribution is 2.31. The normalized spacial score (nSPS) is 15.3. The lowest BCUT2D eigenvalue weighted by atomic mass is 9.98. The van der Waals surface area contributed by atoms with Crippen molar-refractivity contribution in [2.45, 2.75) is 19.0 Å². The van der Waals surface area contributed by atoms with Crippen LogP contribution >= 0.6 is 0 Å². The maximum absolute atomic E-state index is 13.0. The molecule has 4 rings (SSSR count). The molecule has 1 aliphatic heterocycles. The van der Waals surface area contributed by atoms with Crippen molar-refractivity contribution < 1.29 is 19.2 Å². The smallest absolute Gasteiger partial charge is 0.275 e. The Balaban J connectivity index is 1.47. The van der Waals surface area contributed by atoms with E-state index in [1.807, 2.05) is 42.5 Å². The molecular weight excluding hydrogens is 388 g/mol. The lowest BCUT2D eigenvalue weighted by Crippen LogP contribution is -3.12. The summed E-state index contributed by atoms with van der Waals surface area (Å²) >= 11 is 0. The third-order valence-corrected chi connectivity index (χ3v) is 5.88. The van der Waals surface area contributed by atoms with Crippen LogP contribution in [0.25, 0.3) is 0 Å². The molecule has 5 nitrogen and oxygen atoms in total. The summed E-state index contributed by atoms with van der Waals surface area (Å²) in [5, 5.41) is 3.26. The van der Waals surface area contributed by atoms with E-state index in [1.54, 1.807) is 14.2 Å². The van der Waals surface area contributed by atoms with Crippen LogP contribution in [0.15, 0.2) is 72.8 Å². The maximum Gasteiger partial charge on any atom is 0.275 e. The van der Waals surface area contributed by atoms with E-state index in [9.17, 15) is 4.79 Å². The number of rotatable bonds is 7. The zero-order valence-corrected chi connectivity index (χ0v) is 18.1. The number of hydrogen-bond acceptors (Lipinski definition) is 3. The molecule has 160 valence electrons. The summed E-state index contributed by atoms with van der Waals surface area (Å²) in [7, 11) is 3.31. The Morgan fingerprint density at radius 3 is 2.00 bits per heavy atom. The highest BCUT2D eigenvalue weighted by atomic mass is 16.5. The molecule has 1 atom stereocenters. The van der Waals surface area contributed by atoms with E-state index in [4.69, 9.17) is 9.47 Å². The van der Waals surface area contributed by atoms with Gasteiger partial charge >= 0.3 is 0 Å². The van der Waals surface area contributed by atoms with Crippen molar-refractivity contribution in [2.24, 2.45) is 0 Å². The fourth-order valence-corrected chi connectivity index (χ4v) is 4.27. The molecule has 1 heterocycles. The molecule has 2 N–H and O–H groups in total. The third-order valence-electron chi connectivity index (χ3n) is 5.88. The van der Waals surface area contributed by atoms with Gasteiger partial charge in [0.15, 0.2) is 18.0 Å². The van der Waals surface area contributed by atoms with Gasteiger partial charge in [0.05, 0.1) is 26.8 Å². The Bertz CT molecular complexity index is 982. The molecule has 0 saturated carbocycles. The average molecular weight is 418 g/mol. The maximum atomic E-state index is 13.0. The lowest BCUT2D eigenvalue weighted by molar-refractivity contribution is -0.908. The molecule has 0 aliphatic carbocycles. The van der Waals surface area contributed by atoms with Gasteiger partial charge in [0.25, 0.3) is 5.91 Å². The minimum atomic E-state index is -0.157. The SMILES string of the molecule is COc1cc2c(cc1OC)C[NH+](CC(=O)NC(c1ccccc1)c1ccccc1)CC2. The first-order valence-corrected chi connectivity index (χ1v) is 10.6. The average Bonchev–Trinajstić information content (AvgIpc) is 2.82. The Morgan fingerprint density at radius 2 is 1.45 bits per heavy atom. The molecule has 31 heavy (non-hydrogen) atoms. The summed E-state index contributed by atoms with van der Waals surface area (Å²) in [6.45, 7) is 2.14. The van der Waals surface area contributed by atoms with E-state index in [1.165, 1.54) is 16.0 Å². The van der Waals surface area contributed by atoms with E-state index in [0.29, 0.717) is 6.54 Å². The number of nitrogens with one attached hydrogen (secondary N) is 2. The van der Waals surface area contributed by atoms with Crippen LogP contribution in [0.3, 0.4) is 0 Å². The molecule has 0 bridgehead atoms. The van der Waals surface area contributed by atoms with Crippen molar-refractivity contribution in [3.8, 4) is 11.5 Å². The molecule has 0 aromatic heterocycles. The van der Waals surface area contributed by atoms with Gasteiger partial charge in [-0.1, -0.05) is 60.7 Å². The third kappa shape index (κ3) is 4.89. The topological polar surface area (TPSA) is 52.0 Å². The van der Waals surface area contributed by atoms with E-state index < -0.39 is 0 Å². The largest absolute Gasteiger partial charge is 0.493 e. The summed E-state index contributed by atoms with van der Waals surface area (Å²) in [5.74, 6) is 1.55. The van der Waals surface area contributed by atoms with Crippen molar-refractivity contribution in [2.75, 3.05) is 27.3 Å². The Labute approximate surface area is 183 Å². The number of fused-ring (bicyclic) bond motifs is 1. The van der Waals surface area contributed by atoms with Crippen molar-refractivity contribution in [3.05, 3.63) is 95.1 Å². The second kappa shape index (κ2) is 9.67. The molecule has 1 unspecified atom stereocenters. The molecule has 3 aromatic carbocycles. The van der Waals surface area contributed by atoms with Crippen LogP contribution in [0.4, 0.5) is 0 Å². The van der Waals surface area contributed by atoms with Gasteiger partial charge in [-0.15, -0.1) is 0 Å². The number of quaternary nitrogens is 1. The van der Waals surface area contributed by atoms with Gasteiger partial charge in [0.2, 0.25) is 0 Å². The molecule has 0 radical (unpaired) electrons. The Hall–Kier alpha value is -3.31. The van der Waals surface area contributed by atoms with Crippen LogP contribution in [0, 0.1) is 0 Å². The van der Waals surface area contributed by atoms with E-state index in [2.05, 4.69) is 35.6 Å². The van der Waals surface area contributed by atoms with Crippen LogP contribution in [0.2, 0.25) is 0 Å². The minimum Gasteiger partial charge on any atom is -0.493 e. The lowest BCUT2D eigenvalue weighted by Gasteiger charge is -2.27. The fourth-order valence-electron chi connectivity index (χ4n) is 4.27. The molecule has 0 saturated heterocycles. The second-order valence-corrected chi connectivity index (χ2v) is 7.90. The van der Waals surface area contributed by atoms with Gasteiger partial charge in [-0.2, -0.15) is 0 Å². The highest BCUT2D eigenvalue weighted by Gasteiger charge is 2.25. The molecule has 0 fully saturated rings. The molecular formula is C26H29N2O3+. The standard InChI is InChI=1S/C26H28N2O3/c1-30-23-15-21-13-14-28(17-22(21)16-24(23)31-2)18-25(29)27-26(19-9-5-3-6-10-19)20-11-7-4-8-12-20/h3-12,15-16,26H,13-14,17-18H2,1-2H3,(H,27,29)/p+1. The quantitative estimate of drug-likeness (QED) is 0.621.